The van der Waals surface area contributed by atoms with Gasteiger partial charge in [0.25, 0.3) is 21.6 Å². The van der Waals surface area contributed by atoms with Gasteiger partial charge < -0.3 is 0 Å². The number of hydrogen-bond acceptors (Lipinski definition) is 5. The number of hydrogen-bond donors (Lipinski definition) is 0. The average Bonchev–Trinajstić information content (AvgIpc) is 2.79. The van der Waals surface area contributed by atoms with Crippen molar-refractivity contribution in [2.24, 2.45) is 0 Å². The van der Waals surface area contributed by atoms with Gasteiger partial charge in [0.05, 0.1) is 15.5 Å². The molecule has 0 radical (unpaired) electrons. The molecule has 9 heteroatoms. The highest BCUT2D eigenvalue weighted by Gasteiger charge is 2.32. The van der Waals surface area contributed by atoms with Gasteiger partial charge in [-0.25, -0.2) is 8.42 Å². The highest BCUT2D eigenvalue weighted by atomic mass is 35.5. The molecule has 0 atom stereocenters. The molecule has 0 aliphatic rings. The zero-order valence-corrected chi connectivity index (χ0v) is 18.8. The van der Waals surface area contributed by atoms with Crippen LogP contribution >= 0.6 is 11.6 Å². The predicted octanol–water partition coefficient (Wildman–Crippen LogP) is 5.63. The summed E-state index contributed by atoms with van der Waals surface area (Å²) >= 11 is 5.88. The van der Waals surface area contributed by atoms with Crippen LogP contribution in [0.4, 0.5) is 11.4 Å². The lowest BCUT2D eigenvalue weighted by molar-refractivity contribution is -0.384. The van der Waals surface area contributed by atoms with E-state index < -0.39 is 20.9 Å². The van der Waals surface area contributed by atoms with Crippen molar-refractivity contribution in [3.05, 3.63) is 99.1 Å². The SMILES string of the molecule is CCCCc1ccc(N(C(=O)c2cccc([N+](=O)[O-])c2)S(=O)(=O)c2ccc(Cl)cc2)cc1. The molecule has 0 heterocycles. The Balaban J connectivity index is 2.10. The van der Waals surface area contributed by atoms with Gasteiger partial charge >= 0.3 is 0 Å². The molecule has 0 aromatic heterocycles. The molecule has 3 aromatic carbocycles. The van der Waals surface area contributed by atoms with E-state index >= 15 is 0 Å². The van der Waals surface area contributed by atoms with Crippen molar-refractivity contribution >= 4 is 38.9 Å². The van der Waals surface area contributed by atoms with E-state index in [0.717, 1.165) is 30.9 Å². The largest absolute Gasteiger partial charge is 0.272 e. The van der Waals surface area contributed by atoms with Crippen molar-refractivity contribution in [1.82, 2.24) is 0 Å². The monoisotopic (exact) mass is 472 g/mol. The summed E-state index contributed by atoms with van der Waals surface area (Å²) in [5, 5.41) is 11.5. The quantitative estimate of drug-likeness (QED) is 0.312. The minimum atomic E-state index is -4.33. The number of rotatable bonds is 8. The third kappa shape index (κ3) is 5.15. The zero-order chi connectivity index (χ0) is 23.3. The topological polar surface area (TPSA) is 97.6 Å². The minimum Gasteiger partial charge on any atom is -0.268 e. The van der Waals surface area contributed by atoms with Gasteiger partial charge in [0.2, 0.25) is 0 Å². The Morgan fingerprint density at radius 2 is 1.69 bits per heavy atom. The number of halogens is 1. The van der Waals surface area contributed by atoms with Gasteiger partial charge in [0.1, 0.15) is 0 Å². The lowest BCUT2D eigenvalue weighted by Crippen LogP contribution is -2.37. The molecule has 0 fully saturated rings. The number of nitro groups is 1. The van der Waals surface area contributed by atoms with E-state index in [4.69, 9.17) is 11.6 Å². The maximum atomic E-state index is 13.5. The number of nitrogens with zero attached hydrogens (tertiary/aromatic N) is 2. The van der Waals surface area contributed by atoms with Gasteiger partial charge in [0, 0.05) is 22.7 Å². The molecule has 0 aliphatic carbocycles. The van der Waals surface area contributed by atoms with Crippen LogP contribution in [0, 0.1) is 10.1 Å². The van der Waals surface area contributed by atoms with Crippen LogP contribution in [0.3, 0.4) is 0 Å². The summed E-state index contributed by atoms with van der Waals surface area (Å²) < 4.78 is 27.6. The van der Waals surface area contributed by atoms with E-state index in [1.54, 1.807) is 24.3 Å². The molecule has 0 N–H and O–H groups in total. The number of aryl methyl sites for hydroxylation is 1. The van der Waals surface area contributed by atoms with Crippen LogP contribution in [0.15, 0.2) is 77.7 Å². The number of carbonyl (C=O) groups is 1. The Labute approximate surface area is 191 Å². The number of nitro benzene ring substituents is 1. The second-order valence-electron chi connectivity index (χ2n) is 7.11. The fourth-order valence-corrected chi connectivity index (χ4v) is 4.67. The average molecular weight is 473 g/mol. The van der Waals surface area contributed by atoms with Crippen LogP contribution in [0.1, 0.15) is 35.7 Å². The number of amides is 1. The molecule has 166 valence electrons. The highest BCUT2D eigenvalue weighted by Crippen LogP contribution is 2.28. The van der Waals surface area contributed by atoms with Crippen LogP contribution in [-0.2, 0) is 16.4 Å². The molecular formula is C23H21ClN2O5S. The van der Waals surface area contributed by atoms with E-state index in [0.29, 0.717) is 9.33 Å². The minimum absolute atomic E-state index is 0.119. The Hall–Kier alpha value is -3.23. The molecule has 0 unspecified atom stereocenters. The van der Waals surface area contributed by atoms with E-state index in [1.807, 2.05) is 0 Å². The van der Waals surface area contributed by atoms with Crippen LogP contribution in [0.5, 0.6) is 0 Å². The zero-order valence-electron chi connectivity index (χ0n) is 17.3. The van der Waals surface area contributed by atoms with Gasteiger partial charge in [-0.05, 0) is 60.9 Å². The Morgan fingerprint density at radius 3 is 2.28 bits per heavy atom. The first-order valence-corrected chi connectivity index (χ1v) is 11.7. The number of non-ortho nitro benzene ring substituents is 1. The van der Waals surface area contributed by atoms with Gasteiger partial charge in [-0.15, -0.1) is 0 Å². The first kappa shape index (κ1) is 23.4. The van der Waals surface area contributed by atoms with Crippen molar-refractivity contribution in [3.63, 3.8) is 0 Å². The maximum Gasteiger partial charge on any atom is 0.272 e. The fourth-order valence-electron chi connectivity index (χ4n) is 3.13. The van der Waals surface area contributed by atoms with Crippen molar-refractivity contribution in [2.45, 2.75) is 31.1 Å². The summed E-state index contributed by atoms with van der Waals surface area (Å²) in [6.45, 7) is 2.08. The molecule has 3 aromatic rings. The van der Waals surface area contributed by atoms with Crippen molar-refractivity contribution in [1.29, 1.82) is 0 Å². The van der Waals surface area contributed by atoms with Crippen molar-refractivity contribution in [2.75, 3.05) is 4.31 Å². The van der Waals surface area contributed by atoms with Crippen molar-refractivity contribution < 1.29 is 18.1 Å². The van der Waals surface area contributed by atoms with E-state index in [1.165, 1.54) is 42.5 Å². The molecule has 7 nitrogen and oxygen atoms in total. The first-order chi connectivity index (χ1) is 15.2. The lowest BCUT2D eigenvalue weighted by atomic mass is 10.1. The maximum absolute atomic E-state index is 13.5. The summed E-state index contributed by atoms with van der Waals surface area (Å²) in [7, 11) is -4.33. The molecule has 32 heavy (non-hydrogen) atoms. The van der Waals surface area contributed by atoms with Crippen molar-refractivity contribution in [3.8, 4) is 0 Å². The Morgan fingerprint density at radius 1 is 1.03 bits per heavy atom. The van der Waals surface area contributed by atoms with Crippen LogP contribution in [0.25, 0.3) is 0 Å². The van der Waals surface area contributed by atoms with E-state index in [-0.39, 0.29) is 21.8 Å². The van der Waals surface area contributed by atoms with E-state index in [2.05, 4.69) is 6.92 Å². The van der Waals surface area contributed by atoms with E-state index in [9.17, 15) is 23.3 Å². The fraction of sp³-hybridized carbons (Fsp3) is 0.174. The number of sulfonamides is 1. The number of anilines is 1. The standard InChI is InChI=1S/C23H21ClN2O5S/c1-2-3-5-17-8-12-20(13-9-17)25(32(30,31)22-14-10-19(24)11-15-22)23(27)18-6-4-7-21(16-18)26(28)29/h4,6-16H,2-3,5H2,1H3. The molecule has 0 bridgehead atoms. The summed E-state index contributed by atoms with van der Waals surface area (Å²) in [5.74, 6) is -0.898. The van der Waals surface area contributed by atoms with Gasteiger partial charge in [-0.2, -0.15) is 4.31 Å². The number of carbonyl (C=O) groups excluding carboxylic acids is 1. The Kier molecular flexibility index (Phi) is 7.27. The molecule has 0 saturated heterocycles. The normalized spacial score (nSPS) is 11.2. The summed E-state index contributed by atoms with van der Waals surface area (Å²) in [6.07, 6.45) is 2.84. The molecule has 3 rings (SSSR count). The predicted molar refractivity (Wildman–Crippen MR) is 124 cm³/mol. The molecule has 0 aliphatic heterocycles. The molecular weight excluding hydrogens is 452 g/mol. The number of benzene rings is 3. The smallest absolute Gasteiger partial charge is 0.268 e. The molecule has 0 saturated carbocycles. The second kappa shape index (κ2) is 9.93. The third-order valence-corrected chi connectivity index (χ3v) is 6.81. The first-order valence-electron chi connectivity index (χ1n) is 9.92. The van der Waals surface area contributed by atoms with Crippen LogP contribution in [-0.4, -0.2) is 19.2 Å². The third-order valence-electron chi connectivity index (χ3n) is 4.83. The summed E-state index contributed by atoms with van der Waals surface area (Å²) in [4.78, 5) is 23.7. The van der Waals surface area contributed by atoms with Gasteiger partial charge in [-0.1, -0.05) is 43.1 Å². The van der Waals surface area contributed by atoms with Gasteiger partial charge in [-0.3, -0.25) is 14.9 Å². The molecule has 0 spiro atoms. The number of unbranched alkanes of at least 4 members (excludes halogenated alkanes) is 1. The molecule has 1 amide bonds. The summed E-state index contributed by atoms with van der Waals surface area (Å²) in [6, 6.07) is 17.1. The van der Waals surface area contributed by atoms with Crippen LogP contribution in [0.2, 0.25) is 5.02 Å². The second-order valence-corrected chi connectivity index (χ2v) is 9.33. The highest BCUT2D eigenvalue weighted by molar-refractivity contribution is 7.93. The lowest BCUT2D eigenvalue weighted by Gasteiger charge is -2.23. The Bertz CT molecular complexity index is 1230. The summed E-state index contributed by atoms with van der Waals surface area (Å²) in [5.41, 5.74) is 0.723. The van der Waals surface area contributed by atoms with Crippen LogP contribution < -0.4 is 4.31 Å². The van der Waals surface area contributed by atoms with Gasteiger partial charge in [0.15, 0.2) is 0 Å².